The predicted octanol–water partition coefficient (Wildman–Crippen LogP) is 4.22. The molecule has 3 aromatic rings. The lowest BCUT2D eigenvalue weighted by Gasteiger charge is -2.27. The van der Waals surface area contributed by atoms with Gasteiger partial charge in [0.1, 0.15) is 17.3 Å². The molecular formula is C20H23N3O2S. The van der Waals surface area contributed by atoms with Crippen molar-refractivity contribution >= 4 is 27.4 Å². The summed E-state index contributed by atoms with van der Waals surface area (Å²) in [6.07, 6.45) is 3.43. The number of nitrogens with zero attached hydrogens (tertiary/aromatic N) is 2. The average Bonchev–Trinajstić information content (AvgIpc) is 3.09. The second-order valence-corrected chi connectivity index (χ2v) is 7.62. The van der Waals surface area contributed by atoms with Gasteiger partial charge in [0.15, 0.2) is 5.82 Å². The number of rotatable bonds is 5. The molecule has 26 heavy (non-hydrogen) atoms. The van der Waals surface area contributed by atoms with Gasteiger partial charge in [0.25, 0.3) is 0 Å². The van der Waals surface area contributed by atoms with Crippen molar-refractivity contribution in [2.75, 3.05) is 12.4 Å². The van der Waals surface area contributed by atoms with Crippen molar-refractivity contribution in [2.24, 2.45) is 0 Å². The fraction of sp³-hybridized carbons (Fsp3) is 0.400. The number of anilines is 1. The van der Waals surface area contributed by atoms with E-state index in [0.29, 0.717) is 18.5 Å². The molecule has 0 spiro atoms. The quantitative estimate of drug-likeness (QED) is 0.705. The molecule has 1 aliphatic rings. The van der Waals surface area contributed by atoms with Crippen LogP contribution < -0.4 is 5.32 Å². The second kappa shape index (κ2) is 7.70. The van der Waals surface area contributed by atoms with E-state index in [1.54, 1.807) is 18.4 Å². The number of benzene rings is 1. The van der Waals surface area contributed by atoms with E-state index >= 15 is 0 Å². The number of aromatic nitrogens is 2. The highest BCUT2D eigenvalue weighted by Gasteiger charge is 2.22. The summed E-state index contributed by atoms with van der Waals surface area (Å²) in [6.45, 7) is 0.395. The molecule has 5 nitrogen and oxygen atoms in total. The van der Waals surface area contributed by atoms with E-state index in [9.17, 15) is 5.11 Å². The molecule has 0 radical (unpaired) electrons. The summed E-state index contributed by atoms with van der Waals surface area (Å²) in [5.41, 5.74) is 2.33. The van der Waals surface area contributed by atoms with Crippen LogP contribution in [0.2, 0.25) is 0 Å². The number of fused-ring (bicyclic) bond motifs is 1. The Morgan fingerprint density at radius 3 is 2.65 bits per heavy atom. The number of ether oxygens (including phenoxy) is 1. The minimum Gasteiger partial charge on any atom is -0.393 e. The Morgan fingerprint density at radius 1 is 1.15 bits per heavy atom. The number of methoxy groups -OCH3 is 1. The summed E-state index contributed by atoms with van der Waals surface area (Å²) in [5, 5.41) is 16.6. The molecule has 0 atom stereocenters. The number of aliphatic hydroxyl groups excluding tert-OH is 1. The van der Waals surface area contributed by atoms with Gasteiger partial charge < -0.3 is 15.2 Å². The monoisotopic (exact) mass is 369 g/mol. The largest absolute Gasteiger partial charge is 0.393 e. The van der Waals surface area contributed by atoms with Crippen LogP contribution in [0.1, 0.15) is 31.5 Å². The summed E-state index contributed by atoms with van der Waals surface area (Å²) in [7, 11) is 1.66. The zero-order valence-corrected chi connectivity index (χ0v) is 15.6. The van der Waals surface area contributed by atoms with Crippen LogP contribution in [0.3, 0.4) is 0 Å². The second-order valence-electron chi connectivity index (χ2n) is 6.77. The molecule has 136 valence electrons. The zero-order chi connectivity index (χ0) is 17.9. The predicted molar refractivity (Wildman–Crippen MR) is 105 cm³/mol. The van der Waals surface area contributed by atoms with E-state index in [1.807, 2.05) is 6.07 Å². The van der Waals surface area contributed by atoms with Crippen LogP contribution in [0.4, 0.5) is 5.82 Å². The molecule has 2 heterocycles. The van der Waals surface area contributed by atoms with Crippen molar-refractivity contribution < 1.29 is 9.84 Å². The fourth-order valence-corrected chi connectivity index (χ4v) is 4.49. The Kier molecular flexibility index (Phi) is 5.15. The number of aliphatic hydroxyl groups is 1. The molecule has 2 N–H and O–H groups in total. The highest BCUT2D eigenvalue weighted by molar-refractivity contribution is 7.17. The van der Waals surface area contributed by atoms with Crippen LogP contribution in [0, 0.1) is 0 Å². The highest BCUT2D eigenvalue weighted by Crippen LogP contribution is 2.37. The number of thiophene rings is 1. The van der Waals surface area contributed by atoms with Gasteiger partial charge in [0, 0.05) is 24.1 Å². The summed E-state index contributed by atoms with van der Waals surface area (Å²) in [5.74, 6) is 1.57. The normalized spacial score (nSPS) is 20.4. The molecule has 1 aliphatic carbocycles. The van der Waals surface area contributed by atoms with Gasteiger partial charge in [0.05, 0.1) is 11.5 Å². The lowest BCUT2D eigenvalue weighted by atomic mass is 9.93. The standard InChI is InChI=1S/C20H23N3O2S/c1-25-11-17-22-19(21-14-7-9-15(24)10-8-14)18-16(12-26-20(18)23-17)13-5-3-2-4-6-13/h2-6,12,14-15,24H,7-11H2,1H3,(H,21,22,23). The van der Waals surface area contributed by atoms with Gasteiger partial charge >= 0.3 is 0 Å². The Bertz CT molecular complexity index is 873. The maximum Gasteiger partial charge on any atom is 0.158 e. The Balaban J connectivity index is 1.76. The minimum absolute atomic E-state index is 0.163. The fourth-order valence-electron chi connectivity index (χ4n) is 3.53. The van der Waals surface area contributed by atoms with Gasteiger partial charge in [-0.25, -0.2) is 9.97 Å². The van der Waals surface area contributed by atoms with Crippen molar-refractivity contribution in [1.29, 1.82) is 0 Å². The van der Waals surface area contributed by atoms with Crippen molar-refractivity contribution in [1.82, 2.24) is 9.97 Å². The van der Waals surface area contributed by atoms with Crippen LogP contribution in [-0.4, -0.2) is 34.3 Å². The van der Waals surface area contributed by atoms with Crippen molar-refractivity contribution in [3.05, 3.63) is 41.5 Å². The average molecular weight is 369 g/mol. The van der Waals surface area contributed by atoms with E-state index < -0.39 is 0 Å². The summed E-state index contributed by atoms with van der Waals surface area (Å²) in [6, 6.07) is 10.7. The number of hydrogen-bond donors (Lipinski definition) is 2. The maximum absolute atomic E-state index is 9.77. The Hall–Kier alpha value is -2.02. The van der Waals surface area contributed by atoms with Crippen molar-refractivity contribution in [3.8, 4) is 11.1 Å². The van der Waals surface area contributed by atoms with Crippen molar-refractivity contribution in [3.63, 3.8) is 0 Å². The SMILES string of the molecule is COCc1nc(NC2CCC(O)CC2)c2c(-c3ccccc3)csc2n1. The van der Waals surface area contributed by atoms with Crippen LogP contribution >= 0.6 is 11.3 Å². The van der Waals surface area contributed by atoms with E-state index in [4.69, 9.17) is 9.72 Å². The highest BCUT2D eigenvalue weighted by atomic mass is 32.1. The van der Waals surface area contributed by atoms with Crippen LogP contribution in [0.25, 0.3) is 21.3 Å². The third-order valence-corrected chi connectivity index (χ3v) is 5.75. The smallest absolute Gasteiger partial charge is 0.158 e. The first-order valence-electron chi connectivity index (χ1n) is 9.01. The number of hydrogen-bond acceptors (Lipinski definition) is 6. The molecule has 6 heteroatoms. The molecule has 2 aromatic heterocycles. The molecular weight excluding hydrogens is 346 g/mol. The third kappa shape index (κ3) is 3.58. The number of nitrogens with one attached hydrogen (secondary N) is 1. The van der Waals surface area contributed by atoms with Crippen LogP contribution in [0.15, 0.2) is 35.7 Å². The first-order chi connectivity index (χ1) is 12.7. The van der Waals surface area contributed by atoms with E-state index in [1.165, 1.54) is 5.56 Å². The Labute approximate surface area is 157 Å². The van der Waals surface area contributed by atoms with Crippen molar-refractivity contribution in [2.45, 2.75) is 44.4 Å². The van der Waals surface area contributed by atoms with E-state index in [0.717, 1.165) is 47.3 Å². The van der Waals surface area contributed by atoms with Gasteiger partial charge in [-0.1, -0.05) is 30.3 Å². The lowest BCUT2D eigenvalue weighted by Crippen LogP contribution is -2.28. The van der Waals surface area contributed by atoms with E-state index in [-0.39, 0.29) is 6.10 Å². The maximum atomic E-state index is 9.77. The molecule has 0 amide bonds. The first kappa shape index (κ1) is 17.4. The van der Waals surface area contributed by atoms with E-state index in [2.05, 4.69) is 39.9 Å². The molecule has 0 aliphatic heterocycles. The third-order valence-electron chi connectivity index (χ3n) is 4.88. The summed E-state index contributed by atoms with van der Waals surface area (Å²) >= 11 is 1.64. The minimum atomic E-state index is -0.163. The van der Waals surface area contributed by atoms with Gasteiger partial charge in [0.2, 0.25) is 0 Å². The van der Waals surface area contributed by atoms with Gasteiger partial charge in [-0.3, -0.25) is 0 Å². The molecule has 1 aromatic carbocycles. The molecule has 0 unspecified atom stereocenters. The molecule has 1 fully saturated rings. The topological polar surface area (TPSA) is 67.3 Å². The van der Waals surface area contributed by atoms with Gasteiger partial charge in [-0.05, 0) is 31.2 Å². The van der Waals surface area contributed by atoms with Gasteiger partial charge in [-0.15, -0.1) is 11.3 Å². The van der Waals surface area contributed by atoms with Crippen LogP contribution in [-0.2, 0) is 11.3 Å². The van der Waals surface area contributed by atoms with Crippen LogP contribution in [0.5, 0.6) is 0 Å². The van der Waals surface area contributed by atoms with Gasteiger partial charge in [-0.2, -0.15) is 0 Å². The lowest BCUT2D eigenvalue weighted by molar-refractivity contribution is 0.126. The first-order valence-corrected chi connectivity index (χ1v) is 9.89. The molecule has 0 bridgehead atoms. The zero-order valence-electron chi connectivity index (χ0n) is 14.8. The molecule has 0 saturated heterocycles. The molecule has 1 saturated carbocycles. The molecule has 4 rings (SSSR count). The summed E-state index contributed by atoms with van der Waals surface area (Å²) in [4.78, 5) is 10.4. The summed E-state index contributed by atoms with van der Waals surface area (Å²) < 4.78 is 5.25. The Morgan fingerprint density at radius 2 is 1.92 bits per heavy atom.